The fourth-order valence-electron chi connectivity index (χ4n) is 2.12. The molecule has 8 nitrogen and oxygen atoms in total. The van der Waals surface area contributed by atoms with Crippen LogP contribution in [0.25, 0.3) is 5.69 Å². The molecule has 1 unspecified atom stereocenters. The van der Waals surface area contributed by atoms with Gasteiger partial charge in [-0.15, -0.1) is 0 Å². The minimum atomic E-state index is -1.16. The minimum Gasteiger partial charge on any atom is -0.449 e. The molecule has 3 amide bonds. The Bertz CT molecular complexity index is 829. The Hall–Kier alpha value is -2.87. The van der Waals surface area contributed by atoms with Crippen molar-refractivity contribution in [1.29, 1.82) is 0 Å². The Morgan fingerprint density at radius 3 is 2.32 bits per heavy atom. The van der Waals surface area contributed by atoms with Crippen molar-refractivity contribution in [2.75, 3.05) is 0 Å². The Balaban J connectivity index is 2.11. The van der Waals surface area contributed by atoms with Crippen LogP contribution in [0, 0.1) is 13.8 Å². The lowest BCUT2D eigenvalue weighted by atomic mass is 10.2. The number of rotatable bonds is 4. The molecule has 3 N–H and O–H groups in total. The molecule has 1 aromatic heterocycles. The number of nitrogens with two attached hydrogens (primary N) is 1. The van der Waals surface area contributed by atoms with Crippen molar-refractivity contribution in [2.24, 2.45) is 5.73 Å². The average molecular weight is 365 g/mol. The molecule has 9 heteroatoms. The summed E-state index contributed by atoms with van der Waals surface area (Å²) in [5.74, 6) is -1.50. The van der Waals surface area contributed by atoms with E-state index in [4.69, 9.17) is 22.1 Å². The second kappa shape index (κ2) is 7.35. The maximum absolute atomic E-state index is 12.1. The van der Waals surface area contributed by atoms with Crippen molar-refractivity contribution < 1.29 is 19.1 Å². The number of ether oxygens (including phenoxy) is 1. The average Bonchev–Trinajstić information content (AvgIpc) is 2.81. The second-order valence-electron chi connectivity index (χ2n) is 5.34. The number of carbonyl (C=O) groups excluding carboxylic acids is 3. The number of hydrogen-bond acceptors (Lipinski definition) is 5. The number of nitrogens with zero attached hydrogens (tertiary/aromatic N) is 2. The van der Waals surface area contributed by atoms with Gasteiger partial charge in [-0.2, -0.15) is 5.10 Å². The number of carbonyl (C=O) groups is 3. The number of imide groups is 1. The van der Waals surface area contributed by atoms with Gasteiger partial charge >= 0.3 is 12.0 Å². The zero-order chi connectivity index (χ0) is 18.7. The summed E-state index contributed by atoms with van der Waals surface area (Å²) in [6.45, 7) is 4.97. The summed E-state index contributed by atoms with van der Waals surface area (Å²) in [5.41, 5.74) is 7.30. The minimum absolute atomic E-state index is 0.245. The molecule has 0 radical (unpaired) electrons. The number of nitrogens with one attached hydrogen (secondary N) is 1. The highest BCUT2D eigenvalue weighted by Crippen LogP contribution is 2.22. The van der Waals surface area contributed by atoms with Gasteiger partial charge in [0.05, 0.1) is 27.7 Å². The normalized spacial score (nSPS) is 11.7. The number of esters is 1. The van der Waals surface area contributed by atoms with Crippen molar-refractivity contribution in [3.63, 3.8) is 0 Å². The van der Waals surface area contributed by atoms with Crippen LogP contribution in [-0.2, 0) is 9.53 Å². The third-order valence-corrected chi connectivity index (χ3v) is 4.00. The van der Waals surface area contributed by atoms with Crippen LogP contribution in [0.4, 0.5) is 4.79 Å². The molecule has 1 heterocycles. The third-order valence-electron chi connectivity index (χ3n) is 3.45. The number of primary amides is 1. The van der Waals surface area contributed by atoms with Crippen molar-refractivity contribution in [1.82, 2.24) is 15.1 Å². The van der Waals surface area contributed by atoms with Crippen LogP contribution < -0.4 is 11.1 Å². The molecule has 0 spiro atoms. The lowest BCUT2D eigenvalue weighted by Gasteiger charge is -2.12. The van der Waals surface area contributed by atoms with Gasteiger partial charge in [0, 0.05) is 0 Å². The van der Waals surface area contributed by atoms with Crippen LogP contribution in [0.2, 0.25) is 5.02 Å². The highest BCUT2D eigenvalue weighted by molar-refractivity contribution is 6.31. The first-order valence-corrected chi connectivity index (χ1v) is 7.72. The molecule has 2 aromatic rings. The van der Waals surface area contributed by atoms with Gasteiger partial charge in [-0.1, -0.05) is 11.6 Å². The predicted octanol–water partition coefficient (Wildman–Crippen LogP) is 1.88. The van der Waals surface area contributed by atoms with Crippen LogP contribution in [0.3, 0.4) is 0 Å². The summed E-state index contributed by atoms with van der Waals surface area (Å²) in [6, 6.07) is 5.43. The maximum atomic E-state index is 12.1. The molecule has 1 atom stereocenters. The molecule has 0 fully saturated rings. The van der Waals surface area contributed by atoms with Gasteiger partial charge in [0.15, 0.2) is 6.10 Å². The smallest absolute Gasteiger partial charge is 0.338 e. The van der Waals surface area contributed by atoms with Gasteiger partial charge in [-0.3, -0.25) is 10.1 Å². The van der Waals surface area contributed by atoms with E-state index in [1.54, 1.807) is 35.9 Å². The van der Waals surface area contributed by atoms with Gasteiger partial charge in [-0.05, 0) is 45.0 Å². The Morgan fingerprint density at radius 1 is 1.24 bits per heavy atom. The highest BCUT2D eigenvalue weighted by atomic mass is 35.5. The molecule has 25 heavy (non-hydrogen) atoms. The van der Waals surface area contributed by atoms with Gasteiger partial charge in [0.25, 0.3) is 5.91 Å². The van der Waals surface area contributed by atoms with Gasteiger partial charge < -0.3 is 10.5 Å². The zero-order valence-corrected chi connectivity index (χ0v) is 14.6. The van der Waals surface area contributed by atoms with E-state index in [-0.39, 0.29) is 5.56 Å². The highest BCUT2D eigenvalue weighted by Gasteiger charge is 2.20. The number of hydrogen-bond donors (Lipinski definition) is 2. The number of aryl methyl sites for hydroxylation is 1. The van der Waals surface area contributed by atoms with Crippen LogP contribution in [-0.4, -0.2) is 33.8 Å². The molecule has 0 aliphatic rings. The largest absolute Gasteiger partial charge is 0.449 e. The standard InChI is InChI=1S/C16H17ClN4O4/c1-8-13(17)9(2)21(20-8)12-6-4-11(5-7-12)15(23)25-10(3)14(22)19-16(18)24/h4-7,10H,1-3H3,(H3,18,19,22,24). The number of aromatic nitrogens is 2. The molecule has 0 aliphatic carbocycles. The summed E-state index contributed by atoms with van der Waals surface area (Å²) in [6.07, 6.45) is -1.16. The van der Waals surface area contributed by atoms with E-state index in [0.717, 1.165) is 11.4 Å². The first-order valence-electron chi connectivity index (χ1n) is 7.34. The van der Waals surface area contributed by atoms with Gasteiger partial charge in [-0.25, -0.2) is 14.3 Å². The number of urea groups is 1. The third kappa shape index (κ3) is 4.16. The van der Waals surface area contributed by atoms with E-state index in [2.05, 4.69) is 5.10 Å². The Morgan fingerprint density at radius 2 is 1.84 bits per heavy atom. The van der Waals surface area contributed by atoms with Crippen molar-refractivity contribution in [2.45, 2.75) is 26.9 Å². The molecule has 132 valence electrons. The number of halogens is 1. The lowest BCUT2D eigenvalue weighted by molar-refractivity contribution is -0.127. The van der Waals surface area contributed by atoms with E-state index in [1.807, 2.05) is 12.2 Å². The summed E-state index contributed by atoms with van der Waals surface area (Å²) >= 11 is 6.12. The molecule has 2 rings (SSSR count). The Labute approximate surface area is 148 Å². The first kappa shape index (κ1) is 18.5. The van der Waals surface area contributed by atoms with Crippen LogP contribution in [0.15, 0.2) is 24.3 Å². The summed E-state index contributed by atoms with van der Waals surface area (Å²) in [4.78, 5) is 34.2. The monoisotopic (exact) mass is 364 g/mol. The molecular weight excluding hydrogens is 348 g/mol. The second-order valence-corrected chi connectivity index (χ2v) is 5.72. The van der Waals surface area contributed by atoms with E-state index < -0.39 is 24.0 Å². The fraction of sp³-hybridized carbons (Fsp3) is 0.250. The maximum Gasteiger partial charge on any atom is 0.338 e. The molecule has 1 aromatic carbocycles. The number of amides is 3. The number of benzene rings is 1. The SMILES string of the molecule is Cc1nn(-c2ccc(C(=O)OC(C)C(=O)NC(N)=O)cc2)c(C)c1Cl. The molecule has 0 saturated heterocycles. The Kier molecular flexibility index (Phi) is 5.43. The van der Waals surface area contributed by atoms with Crippen molar-refractivity contribution in [3.8, 4) is 5.69 Å². The lowest BCUT2D eigenvalue weighted by Crippen LogP contribution is -2.42. The molecule has 0 bridgehead atoms. The molecule has 0 aliphatic heterocycles. The predicted molar refractivity (Wildman–Crippen MR) is 90.7 cm³/mol. The van der Waals surface area contributed by atoms with Gasteiger partial charge in [0.2, 0.25) is 0 Å². The summed E-state index contributed by atoms with van der Waals surface area (Å²) < 4.78 is 6.65. The topological polar surface area (TPSA) is 116 Å². The first-order chi connectivity index (χ1) is 11.7. The fourth-order valence-corrected chi connectivity index (χ4v) is 2.24. The van der Waals surface area contributed by atoms with Crippen LogP contribution in [0.5, 0.6) is 0 Å². The molecular formula is C16H17ClN4O4. The van der Waals surface area contributed by atoms with Gasteiger partial charge in [0.1, 0.15) is 0 Å². The van der Waals surface area contributed by atoms with Crippen molar-refractivity contribution >= 4 is 29.5 Å². The van der Waals surface area contributed by atoms with E-state index in [9.17, 15) is 14.4 Å². The summed E-state index contributed by atoms with van der Waals surface area (Å²) in [5, 5.41) is 6.75. The van der Waals surface area contributed by atoms with Crippen LogP contribution >= 0.6 is 11.6 Å². The van der Waals surface area contributed by atoms with Crippen LogP contribution in [0.1, 0.15) is 28.7 Å². The quantitative estimate of drug-likeness (QED) is 0.803. The van der Waals surface area contributed by atoms with E-state index in [1.165, 1.54) is 6.92 Å². The summed E-state index contributed by atoms with van der Waals surface area (Å²) in [7, 11) is 0. The zero-order valence-electron chi connectivity index (χ0n) is 13.9. The van der Waals surface area contributed by atoms with E-state index >= 15 is 0 Å². The van der Waals surface area contributed by atoms with E-state index in [0.29, 0.717) is 10.7 Å². The molecule has 0 saturated carbocycles. The van der Waals surface area contributed by atoms with Crippen molar-refractivity contribution in [3.05, 3.63) is 46.2 Å².